The standard InChI is InChI=1S/C15H10F4INO2/c1-6-5-7(20)3-4-8(6)21-15(22)9-10(16)12(18)14(23-2)13(19)11(9)17/h3-5H,1-2H3,(H,21,22). The molecule has 1 amide bonds. The monoisotopic (exact) mass is 439 g/mol. The van der Waals surface area contributed by atoms with Crippen LogP contribution in [0.5, 0.6) is 5.75 Å². The van der Waals surface area contributed by atoms with E-state index in [1.165, 1.54) is 6.07 Å². The number of benzene rings is 2. The molecule has 1 N–H and O–H groups in total. The first-order valence-electron chi connectivity index (χ1n) is 6.25. The molecular weight excluding hydrogens is 429 g/mol. The van der Waals surface area contributed by atoms with Gasteiger partial charge in [0, 0.05) is 9.26 Å². The molecule has 0 aliphatic heterocycles. The zero-order valence-electron chi connectivity index (χ0n) is 11.9. The van der Waals surface area contributed by atoms with Crippen molar-refractivity contribution >= 4 is 34.2 Å². The lowest BCUT2D eigenvalue weighted by Crippen LogP contribution is -2.19. The van der Waals surface area contributed by atoms with E-state index in [2.05, 4.69) is 10.1 Å². The molecule has 8 heteroatoms. The molecule has 0 radical (unpaired) electrons. The summed E-state index contributed by atoms with van der Waals surface area (Å²) >= 11 is 2.05. The third-order valence-corrected chi connectivity index (χ3v) is 3.76. The third kappa shape index (κ3) is 3.26. The molecule has 2 rings (SSSR count). The molecule has 0 aliphatic rings. The molecule has 122 valence electrons. The molecule has 2 aromatic carbocycles. The number of rotatable bonds is 3. The summed E-state index contributed by atoms with van der Waals surface area (Å²) < 4.78 is 60.2. The Balaban J connectivity index is 2.48. The molecule has 0 heterocycles. The van der Waals surface area contributed by atoms with Gasteiger partial charge in [-0.2, -0.15) is 8.78 Å². The average molecular weight is 439 g/mol. The number of hydrogen-bond acceptors (Lipinski definition) is 2. The van der Waals surface area contributed by atoms with Crippen LogP contribution in [0.1, 0.15) is 15.9 Å². The molecule has 0 saturated carbocycles. The molecular formula is C15H10F4INO2. The molecule has 0 spiro atoms. The second kappa shape index (κ2) is 6.73. The Morgan fingerprint density at radius 1 is 1.09 bits per heavy atom. The number of nitrogens with one attached hydrogen (secondary N) is 1. The van der Waals surface area contributed by atoms with Crippen LogP contribution in [0.15, 0.2) is 18.2 Å². The number of aryl methyl sites for hydroxylation is 1. The summed E-state index contributed by atoms with van der Waals surface area (Å²) in [6.07, 6.45) is 0. The maximum Gasteiger partial charge on any atom is 0.261 e. The number of methoxy groups -OCH3 is 1. The predicted octanol–water partition coefficient (Wildman–Crippen LogP) is 4.42. The Kier molecular flexibility index (Phi) is 5.12. The number of carbonyl (C=O) groups excluding carboxylic acids is 1. The van der Waals surface area contributed by atoms with Crippen molar-refractivity contribution in [2.45, 2.75) is 6.92 Å². The van der Waals surface area contributed by atoms with Gasteiger partial charge in [-0.15, -0.1) is 0 Å². The quantitative estimate of drug-likeness (QED) is 0.437. The van der Waals surface area contributed by atoms with Crippen molar-refractivity contribution < 1.29 is 27.1 Å². The Morgan fingerprint density at radius 3 is 2.13 bits per heavy atom. The Morgan fingerprint density at radius 2 is 1.65 bits per heavy atom. The molecule has 0 saturated heterocycles. The molecule has 3 nitrogen and oxygen atoms in total. The van der Waals surface area contributed by atoms with Gasteiger partial charge in [0.1, 0.15) is 5.56 Å². The molecule has 2 aromatic rings. The molecule has 0 aromatic heterocycles. The van der Waals surface area contributed by atoms with Crippen molar-refractivity contribution in [3.8, 4) is 5.75 Å². The second-order valence-corrected chi connectivity index (χ2v) is 5.82. The van der Waals surface area contributed by atoms with Crippen LogP contribution in [-0.4, -0.2) is 13.0 Å². The highest BCUT2D eigenvalue weighted by Gasteiger charge is 2.30. The average Bonchev–Trinajstić information content (AvgIpc) is 2.49. The fraction of sp³-hybridized carbons (Fsp3) is 0.133. The minimum Gasteiger partial charge on any atom is -0.491 e. The van der Waals surface area contributed by atoms with E-state index < -0.39 is 40.5 Å². The summed E-state index contributed by atoms with van der Waals surface area (Å²) in [5, 5.41) is 2.23. The van der Waals surface area contributed by atoms with Gasteiger partial charge in [0.25, 0.3) is 5.91 Å². The lowest BCUT2D eigenvalue weighted by atomic mass is 10.1. The SMILES string of the molecule is COc1c(F)c(F)c(C(=O)Nc2ccc(I)cc2C)c(F)c1F. The van der Waals surface area contributed by atoms with Gasteiger partial charge in [-0.1, -0.05) is 0 Å². The predicted molar refractivity (Wildman–Crippen MR) is 84.7 cm³/mol. The number of carbonyl (C=O) groups is 1. The number of anilines is 1. The summed E-state index contributed by atoms with van der Waals surface area (Å²) in [6.45, 7) is 1.67. The van der Waals surface area contributed by atoms with Gasteiger partial charge in [0.2, 0.25) is 11.6 Å². The van der Waals surface area contributed by atoms with Gasteiger partial charge >= 0.3 is 0 Å². The van der Waals surface area contributed by atoms with Gasteiger partial charge in [-0.3, -0.25) is 4.79 Å². The maximum absolute atomic E-state index is 13.9. The minimum atomic E-state index is -1.82. The highest BCUT2D eigenvalue weighted by atomic mass is 127. The van der Waals surface area contributed by atoms with Crippen LogP contribution in [0.2, 0.25) is 0 Å². The lowest BCUT2D eigenvalue weighted by Gasteiger charge is -2.12. The molecule has 0 atom stereocenters. The Hall–Kier alpha value is -1.84. The second-order valence-electron chi connectivity index (χ2n) is 4.58. The lowest BCUT2D eigenvalue weighted by molar-refractivity contribution is 0.101. The van der Waals surface area contributed by atoms with Crippen LogP contribution in [0.4, 0.5) is 23.2 Å². The van der Waals surface area contributed by atoms with Crippen LogP contribution in [0, 0.1) is 33.8 Å². The van der Waals surface area contributed by atoms with Gasteiger partial charge < -0.3 is 10.1 Å². The third-order valence-electron chi connectivity index (χ3n) is 3.09. The number of ether oxygens (including phenoxy) is 1. The van der Waals surface area contributed by atoms with Gasteiger partial charge in [-0.05, 0) is 53.3 Å². The molecule has 0 fully saturated rings. The van der Waals surface area contributed by atoms with Crippen molar-refractivity contribution in [2.24, 2.45) is 0 Å². The number of hydrogen-bond donors (Lipinski definition) is 1. The normalized spacial score (nSPS) is 10.6. The summed E-state index contributed by atoms with van der Waals surface area (Å²) in [4.78, 5) is 12.0. The minimum absolute atomic E-state index is 0.269. The molecule has 0 aliphatic carbocycles. The van der Waals surface area contributed by atoms with Crippen LogP contribution in [0.3, 0.4) is 0 Å². The highest BCUT2D eigenvalue weighted by molar-refractivity contribution is 14.1. The highest BCUT2D eigenvalue weighted by Crippen LogP contribution is 2.30. The van der Waals surface area contributed by atoms with Crippen molar-refractivity contribution in [2.75, 3.05) is 12.4 Å². The number of halogens is 5. The van der Waals surface area contributed by atoms with E-state index in [9.17, 15) is 22.4 Å². The first-order chi connectivity index (χ1) is 10.8. The van der Waals surface area contributed by atoms with E-state index in [-0.39, 0.29) is 5.69 Å². The van der Waals surface area contributed by atoms with E-state index in [1.54, 1.807) is 19.1 Å². The van der Waals surface area contributed by atoms with E-state index in [1.807, 2.05) is 22.6 Å². The van der Waals surface area contributed by atoms with Gasteiger partial charge in [-0.25, -0.2) is 8.78 Å². The summed E-state index contributed by atoms with van der Waals surface area (Å²) in [5.41, 5.74) is -0.454. The van der Waals surface area contributed by atoms with Crippen LogP contribution in [0.25, 0.3) is 0 Å². The van der Waals surface area contributed by atoms with Gasteiger partial charge in [0.05, 0.1) is 7.11 Å². The van der Waals surface area contributed by atoms with Crippen molar-refractivity contribution in [1.82, 2.24) is 0 Å². The fourth-order valence-electron chi connectivity index (χ4n) is 1.94. The van der Waals surface area contributed by atoms with Crippen LogP contribution >= 0.6 is 22.6 Å². The first kappa shape index (κ1) is 17.5. The van der Waals surface area contributed by atoms with Crippen LogP contribution in [-0.2, 0) is 0 Å². The molecule has 23 heavy (non-hydrogen) atoms. The zero-order valence-corrected chi connectivity index (χ0v) is 14.1. The Labute approximate surface area is 142 Å². The summed E-state index contributed by atoms with van der Waals surface area (Å²) in [6, 6.07) is 4.89. The zero-order chi connectivity index (χ0) is 17.3. The van der Waals surface area contributed by atoms with Gasteiger partial charge in [0.15, 0.2) is 17.4 Å². The largest absolute Gasteiger partial charge is 0.491 e. The van der Waals surface area contributed by atoms with E-state index in [4.69, 9.17) is 0 Å². The van der Waals surface area contributed by atoms with Crippen molar-refractivity contribution in [3.63, 3.8) is 0 Å². The molecule has 0 unspecified atom stereocenters. The maximum atomic E-state index is 13.9. The topological polar surface area (TPSA) is 38.3 Å². The van der Waals surface area contributed by atoms with E-state index in [0.717, 1.165) is 10.7 Å². The summed E-state index contributed by atoms with van der Waals surface area (Å²) in [7, 11) is 0.856. The molecule has 0 bridgehead atoms. The van der Waals surface area contributed by atoms with E-state index >= 15 is 0 Å². The van der Waals surface area contributed by atoms with Crippen molar-refractivity contribution in [3.05, 3.63) is 56.2 Å². The van der Waals surface area contributed by atoms with E-state index in [0.29, 0.717) is 5.56 Å². The van der Waals surface area contributed by atoms with Crippen molar-refractivity contribution in [1.29, 1.82) is 0 Å². The first-order valence-corrected chi connectivity index (χ1v) is 7.33. The fourth-order valence-corrected chi connectivity index (χ4v) is 2.59. The van der Waals surface area contributed by atoms with Crippen LogP contribution < -0.4 is 10.1 Å². The number of amides is 1. The smallest absolute Gasteiger partial charge is 0.261 e. The summed E-state index contributed by atoms with van der Waals surface area (Å²) in [5.74, 6) is -9.69. The Bertz CT molecular complexity index is 767.